The molecular formula is C27H26F2N8O2. The van der Waals surface area contributed by atoms with Gasteiger partial charge in [-0.2, -0.15) is 5.26 Å². The van der Waals surface area contributed by atoms with E-state index in [-0.39, 0.29) is 28.2 Å². The van der Waals surface area contributed by atoms with Gasteiger partial charge in [0.05, 0.1) is 17.4 Å². The lowest BCUT2D eigenvalue weighted by atomic mass is 10.2. The number of anilines is 3. The Kier molecular flexibility index (Phi) is 7.08. The molecule has 0 saturated carbocycles. The number of nitriles is 1. The van der Waals surface area contributed by atoms with Crippen LogP contribution in [0, 0.1) is 29.9 Å². The first-order valence-electron chi connectivity index (χ1n) is 12.4. The van der Waals surface area contributed by atoms with Crippen molar-refractivity contribution in [3.8, 4) is 17.7 Å². The van der Waals surface area contributed by atoms with Crippen LogP contribution in [-0.2, 0) is 0 Å². The van der Waals surface area contributed by atoms with Crippen molar-refractivity contribution >= 4 is 34.1 Å². The van der Waals surface area contributed by atoms with Crippen LogP contribution in [0.25, 0.3) is 10.9 Å². The Morgan fingerprint density at radius 1 is 1.15 bits per heavy atom. The topological polar surface area (TPSA) is 112 Å². The van der Waals surface area contributed by atoms with Crippen molar-refractivity contribution in [3.05, 3.63) is 59.7 Å². The summed E-state index contributed by atoms with van der Waals surface area (Å²) in [5, 5.41) is 12.7. The SMILES string of the molecule is CCN1CCN(c2ccc(Nc3ncnc(Oc4cc(F)c5c(cc(C)n5C(C)=O)c4F)c3C#N)nc2)CC1. The first-order valence-corrected chi connectivity index (χ1v) is 12.4. The van der Waals surface area contributed by atoms with Gasteiger partial charge in [0.2, 0.25) is 11.8 Å². The van der Waals surface area contributed by atoms with Gasteiger partial charge in [-0.05, 0) is 31.7 Å². The van der Waals surface area contributed by atoms with Gasteiger partial charge in [0.15, 0.2) is 28.8 Å². The zero-order chi connectivity index (χ0) is 27.7. The van der Waals surface area contributed by atoms with Crippen molar-refractivity contribution in [3.63, 3.8) is 0 Å². The number of carbonyl (C=O) groups is 1. The minimum atomic E-state index is -0.886. The first-order chi connectivity index (χ1) is 18.8. The predicted octanol–water partition coefficient (Wildman–Crippen LogP) is 4.62. The van der Waals surface area contributed by atoms with Gasteiger partial charge in [-0.3, -0.25) is 9.36 Å². The fourth-order valence-electron chi connectivity index (χ4n) is 4.74. The third-order valence-electron chi connectivity index (χ3n) is 6.75. The van der Waals surface area contributed by atoms with E-state index < -0.39 is 23.3 Å². The van der Waals surface area contributed by atoms with E-state index in [0.717, 1.165) is 55.4 Å². The van der Waals surface area contributed by atoms with Gasteiger partial charge in [-0.1, -0.05) is 6.92 Å². The first kappa shape index (κ1) is 26.0. The smallest absolute Gasteiger partial charge is 0.242 e. The average molecular weight is 533 g/mol. The fraction of sp³-hybridized carbons (Fsp3) is 0.296. The maximum Gasteiger partial charge on any atom is 0.242 e. The second-order valence-corrected chi connectivity index (χ2v) is 9.14. The number of aromatic nitrogens is 4. The molecule has 0 amide bonds. The molecular weight excluding hydrogens is 506 g/mol. The number of aryl methyl sites for hydroxylation is 1. The minimum Gasteiger partial charge on any atom is -0.434 e. The van der Waals surface area contributed by atoms with E-state index >= 15 is 4.39 Å². The Morgan fingerprint density at radius 3 is 2.56 bits per heavy atom. The number of likely N-dealkylation sites (N-methyl/N-ethyl adjacent to an activating group) is 1. The van der Waals surface area contributed by atoms with Crippen molar-refractivity contribution < 1.29 is 18.3 Å². The number of hydrogen-bond acceptors (Lipinski definition) is 9. The number of fused-ring (bicyclic) bond motifs is 1. The molecule has 0 aliphatic carbocycles. The minimum absolute atomic E-state index is 0.0971. The molecule has 1 saturated heterocycles. The molecule has 1 aliphatic rings. The molecule has 5 rings (SSSR count). The van der Waals surface area contributed by atoms with Crippen LogP contribution in [0.5, 0.6) is 11.6 Å². The molecule has 4 aromatic rings. The van der Waals surface area contributed by atoms with Gasteiger partial charge in [-0.25, -0.2) is 23.7 Å². The predicted molar refractivity (Wildman–Crippen MR) is 142 cm³/mol. The molecule has 1 aromatic carbocycles. The molecule has 4 heterocycles. The Bertz CT molecular complexity index is 1590. The maximum absolute atomic E-state index is 15.3. The van der Waals surface area contributed by atoms with Crippen LogP contribution in [0.4, 0.5) is 26.1 Å². The average Bonchev–Trinajstić information content (AvgIpc) is 3.30. The number of pyridine rings is 1. The second kappa shape index (κ2) is 10.6. The number of benzene rings is 1. The number of ether oxygens (including phenoxy) is 1. The number of hydrogen-bond donors (Lipinski definition) is 1. The summed E-state index contributed by atoms with van der Waals surface area (Å²) in [6.45, 7) is 9.83. The van der Waals surface area contributed by atoms with Crippen LogP contribution in [0.15, 0.2) is 36.8 Å². The monoisotopic (exact) mass is 532 g/mol. The van der Waals surface area contributed by atoms with Crippen LogP contribution in [-0.4, -0.2) is 63.0 Å². The van der Waals surface area contributed by atoms with Crippen LogP contribution >= 0.6 is 0 Å². The summed E-state index contributed by atoms with van der Waals surface area (Å²) in [7, 11) is 0. The van der Waals surface area contributed by atoms with E-state index in [9.17, 15) is 14.4 Å². The number of carbonyl (C=O) groups excluding carboxylic acids is 1. The van der Waals surface area contributed by atoms with Gasteiger partial charge in [0, 0.05) is 50.2 Å². The summed E-state index contributed by atoms with van der Waals surface area (Å²) in [5.41, 5.74) is 1.07. The summed E-state index contributed by atoms with van der Waals surface area (Å²) < 4.78 is 37.0. The van der Waals surface area contributed by atoms with Crippen LogP contribution < -0.4 is 15.0 Å². The molecule has 12 heteroatoms. The highest BCUT2D eigenvalue weighted by atomic mass is 19.1. The van der Waals surface area contributed by atoms with Crippen LogP contribution in [0.2, 0.25) is 0 Å². The van der Waals surface area contributed by atoms with Crippen molar-refractivity contribution in [2.45, 2.75) is 20.8 Å². The quantitative estimate of drug-likeness (QED) is 0.380. The Labute approximate surface area is 223 Å². The van der Waals surface area contributed by atoms with E-state index in [1.807, 2.05) is 12.1 Å². The summed E-state index contributed by atoms with van der Waals surface area (Å²) in [6, 6.07) is 7.85. The number of rotatable bonds is 6. The Balaban J connectivity index is 1.39. The molecule has 3 aromatic heterocycles. The third kappa shape index (κ3) is 4.96. The second-order valence-electron chi connectivity index (χ2n) is 9.14. The molecule has 0 unspecified atom stereocenters. The highest BCUT2D eigenvalue weighted by Gasteiger charge is 2.23. The van der Waals surface area contributed by atoms with Crippen molar-refractivity contribution in [1.82, 2.24) is 24.4 Å². The summed E-state index contributed by atoms with van der Waals surface area (Å²) in [5.74, 6) is -2.40. The number of nitrogens with zero attached hydrogens (tertiary/aromatic N) is 7. The van der Waals surface area contributed by atoms with Gasteiger partial charge < -0.3 is 19.9 Å². The number of halogens is 2. The van der Waals surface area contributed by atoms with Crippen molar-refractivity contribution in [2.24, 2.45) is 0 Å². The van der Waals surface area contributed by atoms with Crippen LogP contribution in [0.1, 0.15) is 29.9 Å². The zero-order valence-electron chi connectivity index (χ0n) is 21.7. The largest absolute Gasteiger partial charge is 0.434 e. The van der Waals surface area contributed by atoms with E-state index in [1.54, 1.807) is 19.2 Å². The molecule has 10 nitrogen and oxygen atoms in total. The lowest BCUT2D eigenvalue weighted by Gasteiger charge is -2.35. The van der Waals surface area contributed by atoms with Gasteiger partial charge in [0.1, 0.15) is 18.2 Å². The molecule has 39 heavy (non-hydrogen) atoms. The summed E-state index contributed by atoms with van der Waals surface area (Å²) in [4.78, 5) is 29.1. The molecule has 0 bridgehead atoms. The van der Waals surface area contributed by atoms with E-state index in [2.05, 4.69) is 37.0 Å². The highest BCUT2D eigenvalue weighted by molar-refractivity contribution is 5.94. The molecule has 0 atom stereocenters. The van der Waals surface area contributed by atoms with Crippen molar-refractivity contribution in [2.75, 3.05) is 42.9 Å². The summed E-state index contributed by atoms with van der Waals surface area (Å²) in [6.07, 6.45) is 2.89. The van der Waals surface area contributed by atoms with Gasteiger partial charge >= 0.3 is 0 Å². The molecule has 1 N–H and O–H groups in total. The van der Waals surface area contributed by atoms with Crippen molar-refractivity contribution in [1.29, 1.82) is 5.26 Å². The zero-order valence-corrected chi connectivity index (χ0v) is 21.7. The summed E-state index contributed by atoms with van der Waals surface area (Å²) >= 11 is 0. The Morgan fingerprint density at radius 2 is 1.92 bits per heavy atom. The standard InChI is InChI=1S/C27H26F2N8O2/c1-4-35-7-9-36(10-8-35)18-5-6-23(31-14-18)34-26-20(13-30)27(33-15-32-26)39-22-12-21(28)25-19(24(22)29)11-16(2)37(25)17(3)38/h5-6,11-12,14-15H,4,7-10H2,1-3H3,(H,31,32,33,34). The van der Waals surface area contributed by atoms with E-state index in [0.29, 0.717) is 11.5 Å². The lowest BCUT2D eigenvalue weighted by Crippen LogP contribution is -2.46. The van der Waals surface area contributed by atoms with Gasteiger partial charge in [0.25, 0.3) is 0 Å². The normalized spacial score (nSPS) is 13.9. The van der Waals surface area contributed by atoms with Crippen LogP contribution in [0.3, 0.4) is 0 Å². The molecule has 1 fully saturated rings. The Hall–Kier alpha value is -4.63. The van der Waals surface area contributed by atoms with E-state index in [4.69, 9.17) is 4.74 Å². The fourth-order valence-corrected chi connectivity index (χ4v) is 4.74. The molecule has 1 aliphatic heterocycles. The molecule has 200 valence electrons. The maximum atomic E-state index is 15.3. The van der Waals surface area contributed by atoms with E-state index in [1.165, 1.54) is 13.0 Å². The molecule has 0 radical (unpaired) electrons. The lowest BCUT2D eigenvalue weighted by molar-refractivity contribution is 0.0939. The third-order valence-corrected chi connectivity index (χ3v) is 6.75. The number of nitrogens with one attached hydrogen (secondary N) is 1. The van der Waals surface area contributed by atoms with Gasteiger partial charge in [-0.15, -0.1) is 0 Å². The molecule has 0 spiro atoms. The highest BCUT2D eigenvalue weighted by Crippen LogP contribution is 2.35. The number of piperazine rings is 1.